The van der Waals surface area contributed by atoms with E-state index in [0.29, 0.717) is 18.2 Å². The number of nitrogens with one attached hydrogen (secondary N) is 2. The lowest BCUT2D eigenvalue weighted by molar-refractivity contribution is 0.184. The number of urea groups is 1. The van der Waals surface area contributed by atoms with Gasteiger partial charge in [-0.2, -0.15) is 0 Å². The smallest absolute Gasteiger partial charge is 0.315 e. The lowest BCUT2D eigenvalue weighted by Gasteiger charge is -2.18. The molecule has 0 aliphatic heterocycles. The van der Waals surface area contributed by atoms with Crippen molar-refractivity contribution in [2.75, 3.05) is 13.7 Å². The lowest BCUT2D eigenvalue weighted by Crippen LogP contribution is -2.39. The van der Waals surface area contributed by atoms with Gasteiger partial charge in [0, 0.05) is 18.7 Å². The van der Waals surface area contributed by atoms with Gasteiger partial charge in [-0.15, -0.1) is 0 Å². The van der Waals surface area contributed by atoms with Crippen molar-refractivity contribution in [3.63, 3.8) is 0 Å². The Balaban J connectivity index is 1.93. The maximum Gasteiger partial charge on any atom is 0.315 e. The third-order valence-corrected chi connectivity index (χ3v) is 3.87. The fraction of sp³-hybridized carbons (Fsp3) is 0.278. The molecule has 6 heteroatoms. The quantitative estimate of drug-likeness (QED) is 0.720. The summed E-state index contributed by atoms with van der Waals surface area (Å²) in [4.78, 5) is 12.1. The second-order valence-electron chi connectivity index (χ2n) is 5.32. The van der Waals surface area contributed by atoms with Gasteiger partial charge in [0.25, 0.3) is 0 Å². The first-order valence-electron chi connectivity index (χ1n) is 7.60. The normalized spacial score (nSPS) is 11.8. The number of aliphatic hydroxyl groups is 1. The van der Waals surface area contributed by atoms with Crippen LogP contribution in [0.2, 0.25) is 5.02 Å². The van der Waals surface area contributed by atoms with E-state index in [4.69, 9.17) is 16.3 Å². The van der Waals surface area contributed by atoms with Gasteiger partial charge in [-0.05, 0) is 28.8 Å². The van der Waals surface area contributed by atoms with Crippen LogP contribution in [-0.2, 0) is 17.9 Å². The van der Waals surface area contributed by atoms with Crippen LogP contribution in [0.25, 0.3) is 0 Å². The van der Waals surface area contributed by atoms with Crippen molar-refractivity contribution in [3.8, 4) is 0 Å². The molecule has 2 aromatic carbocycles. The number of carbonyl (C=O) groups excluding carboxylic acids is 1. The number of amides is 2. The van der Waals surface area contributed by atoms with E-state index in [0.717, 1.165) is 16.7 Å². The summed E-state index contributed by atoms with van der Waals surface area (Å²) in [5.41, 5.74) is 2.80. The third-order valence-electron chi connectivity index (χ3n) is 3.62. The predicted octanol–water partition coefficient (Wildman–Crippen LogP) is 3.02. The van der Waals surface area contributed by atoms with Crippen LogP contribution in [0.15, 0.2) is 48.5 Å². The first-order valence-corrected chi connectivity index (χ1v) is 7.98. The molecular formula is C18H21ClN2O3. The molecule has 0 saturated heterocycles. The molecule has 2 rings (SSSR count). The first-order chi connectivity index (χ1) is 11.6. The SMILES string of the molecule is COCc1ccccc1CNC(=O)NC(CO)c1ccc(Cl)cc1. The Hall–Kier alpha value is -2.08. The van der Waals surface area contributed by atoms with Gasteiger partial charge in [-0.3, -0.25) is 0 Å². The van der Waals surface area contributed by atoms with E-state index >= 15 is 0 Å². The Morgan fingerprint density at radius 1 is 1.17 bits per heavy atom. The summed E-state index contributed by atoms with van der Waals surface area (Å²) < 4.78 is 5.15. The number of aliphatic hydroxyl groups excluding tert-OH is 1. The van der Waals surface area contributed by atoms with Gasteiger partial charge in [0.15, 0.2) is 0 Å². The highest BCUT2D eigenvalue weighted by molar-refractivity contribution is 6.30. The van der Waals surface area contributed by atoms with Crippen molar-refractivity contribution in [2.24, 2.45) is 0 Å². The van der Waals surface area contributed by atoms with Crippen LogP contribution in [0.4, 0.5) is 4.79 Å². The largest absolute Gasteiger partial charge is 0.394 e. The molecule has 0 spiro atoms. The highest BCUT2D eigenvalue weighted by Gasteiger charge is 2.13. The topological polar surface area (TPSA) is 70.6 Å². The molecule has 0 fully saturated rings. The summed E-state index contributed by atoms with van der Waals surface area (Å²) in [6.45, 7) is 0.670. The van der Waals surface area contributed by atoms with Gasteiger partial charge in [0.05, 0.1) is 19.3 Å². The first kappa shape index (κ1) is 18.3. The summed E-state index contributed by atoms with van der Waals surface area (Å²) in [5.74, 6) is 0. The van der Waals surface area contributed by atoms with E-state index in [2.05, 4.69) is 10.6 Å². The van der Waals surface area contributed by atoms with Crippen LogP contribution in [0.1, 0.15) is 22.7 Å². The van der Waals surface area contributed by atoms with Crippen molar-refractivity contribution < 1.29 is 14.6 Å². The fourth-order valence-electron chi connectivity index (χ4n) is 2.34. The highest BCUT2D eigenvalue weighted by atomic mass is 35.5. The molecule has 0 bridgehead atoms. The van der Waals surface area contributed by atoms with Gasteiger partial charge in [-0.1, -0.05) is 48.0 Å². The van der Waals surface area contributed by atoms with Crippen molar-refractivity contribution in [2.45, 2.75) is 19.2 Å². The minimum Gasteiger partial charge on any atom is -0.394 e. The van der Waals surface area contributed by atoms with Gasteiger partial charge < -0.3 is 20.5 Å². The maximum atomic E-state index is 12.1. The summed E-state index contributed by atoms with van der Waals surface area (Å²) >= 11 is 5.85. The average molecular weight is 349 g/mol. The molecule has 0 saturated carbocycles. The molecular weight excluding hydrogens is 328 g/mol. The molecule has 0 aliphatic carbocycles. The van der Waals surface area contributed by atoms with Gasteiger partial charge in [-0.25, -0.2) is 4.79 Å². The molecule has 128 valence electrons. The van der Waals surface area contributed by atoms with E-state index in [1.807, 2.05) is 24.3 Å². The van der Waals surface area contributed by atoms with Crippen LogP contribution in [0.5, 0.6) is 0 Å². The predicted molar refractivity (Wildman–Crippen MR) is 93.8 cm³/mol. The zero-order valence-electron chi connectivity index (χ0n) is 13.5. The number of hydrogen-bond donors (Lipinski definition) is 3. The Morgan fingerprint density at radius 3 is 2.46 bits per heavy atom. The maximum absolute atomic E-state index is 12.1. The van der Waals surface area contributed by atoms with Gasteiger partial charge in [0.2, 0.25) is 0 Å². The lowest BCUT2D eigenvalue weighted by atomic mass is 10.1. The molecule has 2 amide bonds. The molecule has 0 aliphatic rings. The van der Waals surface area contributed by atoms with Crippen LogP contribution in [0.3, 0.4) is 0 Å². The number of benzene rings is 2. The second kappa shape index (κ2) is 9.27. The summed E-state index contributed by atoms with van der Waals surface area (Å²) in [6.07, 6.45) is 0. The zero-order chi connectivity index (χ0) is 17.4. The Labute approximate surface area is 146 Å². The summed E-state index contributed by atoms with van der Waals surface area (Å²) in [6, 6.07) is 13.9. The molecule has 5 nitrogen and oxygen atoms in total. The number of halogens is 1. The van der Waals surface area contributed by atoms with Crippen molar-refractivity contribution >= 4 is 17.6 Å². The average Bonchev–Trinajstić information content (AvgIpc) is 2.60. The zero-order valence-corrected chi connectivity index (χ0v) is 14.2. The number of methoxy groups -OCH3 is 1. The minimum absolute atomic E-state index is 0.199. The van der Waals surface area contributed by atoms with E-state index < -0.39 is 6.04 Å². The van der Waals surface area contributed by atoms with Crippen molar-refractivity contribution in [1.29, 1.82) is 0 Å². The van der Waals surface area contributed by atoms with Crippen LogP contribution in [-0.4, -0.2) is 24.9 Å². The monoisotopic (exact) mass is 348 g/mol. The molecule has 2 aromatic rings. The number of rotatable bonds is 7. The Kier molecular flexibility index (Phi) is 7.06. The number of carbonyl (C=O) groups is 1. The van der Waals surface area contributed by atoms with Gasteiger partial charge >= 0.3 is 6.03 Å². The third kappa shape index (κ3) is 5.23. The molecule has 24 heavy (non-hydrogen) atoms. The highest BCUT2D eigenvalue weighted by Crippen LogP contribution is 2.16. The van der Waals surface area contributed by atoms with E-state index in [1.54, 1.807) is 31.4 Å². The second-order valence-corrected chi connectivity index (χ2v) is 5.75. The van der Waals surface area contributed by atoms with Crippen LogP contribution < -0.4 is 10.6 Å². The van der Waals surface area contributed by atoms with Crippen molar-refractivity contribution in [1.82, 2.24) is 10.6 Å². The van der Waals surface area contributed by atoms with Gasteiger partial charge in [0.1, 0.15) is 0 Å². The molecule has 0 heterocycles. The molecule has 0 aromatic heterocycles. The molecule has 0 radical (unpaired) electrons. The number of ether oxygens (including phenoxy) is 1. The minimum atomic E-state index is -0.489. The Bertz CT molecular complexity index is 662. The number of hydrogen-bond acceptors (Lipinski definition) is 3. The van der Waals surface area contributed by atoms with E-state index in [-0.39, 0.29) is 12.6 Å². The van der Waals surface area contributed by atoms with Crippen LogP contribution in [0, 0.1) is 0 Å². The molecule has 1 unspecified atom stereocenters. The Morgan fingerprint density at radius 2 is 1.83 bits per heavy atom. The fourth-order valence-corrected chi connectivity index (χ4v) is 2.47. The van der Waals surface area contributed by atoms with Crippen LogP contribution >= 0.6 is 11.6 Å². The van der Waals surface area contributed by atoms with E-state index in [9.17, 15) is 9.90 Å². The molecule has 3 N–H and O–H groups in total. The summed E-state index contributed by atoms with van der Waals surface area (Å²) in [5, 5.41) is 15.7. The molecule has 1 atom stereocenters. The summed E-state index contributed by atoms with van der Waals surface area (Å²) in [7, 11) is 1.63. The standard InChI is InChI=1S/C18H21ClN2O3/c1-24-12-15-5-3-2-4-14(15)10-20-18(23)21-17(11-22)13-6-8-16(19)9-7-13/h2-9,17,22H,10-12H2,1H3,(H2,20,21,23). The van der Waals surface area contributed by atoms with Crippen molar-refractivity contribution in [3.05, 3.63) is 70.2 Å². The van der Waals surface area contributed by atoms with E-state index in [1.165, 1.54) is 0 Å².